The molecule has 0 aliphatic heterocycles. The highest BCUT2D eigenvalue weighted by Crippen LogP contribution is 2.29. The quantitative estimate of drug-likeness (QED) is 0.746. The molecule has 0 spiro atoms. The third-order valence-electron chi connectivity index (χ3n) is 2.74. The highest BCUT2D eigenvalue weighted by molar-refractivity contribution is 9.11. The van der Waals surface area contributed by atoms with E-state index in [2.05, 4.69) is 36.6 Å². The Bertz CT molecular complexity index is 859. The van der Waals surface area contributed by atoms with Gasteiger partial charge in [0.25, 0.3) is 0 Å². The van der Waals surface area contributed by atoms with Gasteiger partial charge in [-0.1, -0.05) is 18.2 Å². The molecule has 0 bridgehead atoms. The number of nitrogens with one attached hydrogen (secondary N) is 1. The number of thiophene rings is 1. The van der Waals surface area contributed by atoms with Gasteiger partial charge in [0.1, 0.15) is 4.21 Å². The van der Waals surface area contributed by atoms with E-state index in [0.717, 1.165) is 9.35 Å². The molecule has 1 aromatic carbocycles. The van der Waals surface area contributed by atoms with E-state index in [1.165, 1.54) is 11.3 Å². The van der Waals surface area contributed by atoms with Crippen molar-refractivity contribution < 1.29 is 8.42 Å². The second-order valence-corrected chi connectivity index (χ2v) is 8.93. The normalized spacial score (nSPS) is 11.7. The number of nitrogens with zero attached hydrogens (tertiary/aromatic N) is 3. The van der Waals surface area contributed by atoms with Crippen LogP contribution in [-0.4, -0.2) is 29.0 Å². The fourth-order valence-electron chi connectivity index (χ4n) is 1.84. The molecule has 0 radical (unpaired) electrons. The van der Waals surface area contributed by atoms with Gasteiger partial charge in [-0.15, -0.1) is 21.5 Å². The molecule has 0 amide bonds. The average molecular weight is 385 g/mol. The minimum atomic E-state index is -3.35. The largest absolute Gasteiger partial charge is 0.223 e. The van der Waals surface area contributed by atoms with Crippen molar-refractivity contribution in [2.75, 3.05) is 0 Å². The summed E-state index contributed by atoms with van der Waals surface area (Å²) in [5, 5.41) is 13.6. The molecule has 0 unspecified atom stereocenters. The fourth-order valence-corrected chi connectivity index (χ4v) is 5.27. The molecule has 6 nitrogen and oxygen atoms in total. The molecule has 2 heterocycles. The molecule has 0 saturated heterocycles. The number of hydrogen-bond donors (Lipinski definition) is 1. The molecule has 0 aliphatic rings. The summed E-state index contributed by atoms with van der Waals surface area (Å²) < 4.78 is 25.8. The van der Waals surface area contributed by atoms with E-state index in [9.17, 15) is 8.42 Å². The van der Waals surface area contributed by atoms with Gasteiger partial charge in [-0.3, -0.25) is 0 Å². The number of sulfone groups is 1. The summed E-state index contributed by atoms with van der Waals surface area (Å²) in [6.45, 7) is 0. The van der Waals surface area contributed by atoms with E-state index < -0.39 is 9.84 Å². The number of aromatic nitrogens is 4. The number of rotatable bonds is 4. The molecule has 0 aliphatic carbocycles. The zero-order valence-electron chi connectivity index (χ0n) is 10.5. The SMILES string of the molecule is O=S(=O)(Cc1cccc(-c2nn[nH]n2)c1)c1ccc(Br)s1. The van der Waals surface area contributed by atoms with Crippen LogP contribution in [0.5, 0.6) is 0 Å². The lowest BCUT2D eigenvalue weighted by Gasteiger charge is -2.03. The van der Waals surface area contributed by atoms with Crippen LogP contribution in [0.1, 0.15) is 5.56 Å². The molecule has 108 valence electrons. The standard InChI is InChI=1S/C12H9BrN4O2S2/c13-10-4-5-11(20-10)21(18,19)7-8-2-1-3-9(6-8)12-14-16-17-15-12/h1-6H,7H2,(H,14,15,16,17). The third kappa shape index (κ3) is 3.20. The average Bonchev–Trinajstić information content (AvgIpc) is 3.09. The summed E-state index contributed by atoms with van der Waals surface area (Å²) in [7, 11) is -3.35. The molecule has 9 heteroatoms. The van der Waals surface area contributed by atoms with Crippen LogP contribution in [0, 0.1) is 0 Å². The molecule has 21 heavy (non-hydrogen) atoms. The van der Waals surface area contributed by atoms with Crippen LogP contribution in [0.25, 0.3) is 11.4 Å². The maximum absolute atomic E-state index is 12.4. The van der Waals surface area contributed by atoms with Gasteiger partial charge in [0.15, 0.2) is 9.84 Å². The summed E-state index contributed by atoms with van der Waals surface area (Å²) in [6.07, 6.45) is 0. The first kappa shape index (κ1) is 14.4. The fraction of sp³-hybridized carbons (Fsp3) is 0.0833. The number of H-pyrrole nitrogens is 1. The lowest BCUT2D eigenvalue weighted by Crippen LogP contribution is -2.03. The van der Waals surface area contributed by atoms with Crippen LogP contribution >= 0.6 is 27.3 Å². The minimum absolute atomic E-state index is 0.0638. The summed E-state index contributed by atoms with van der Waals surface area (Å²) in [4.78, 5) is 0. The molecule has 3 aromatic rings. The highest BCUT2D eigenvalue weighted by Gasteiger charge is 2.18. The lowest BCUT2D eigenvalue weighted by atomic mass is 10.1. The molecule has 0 saturated carbocycles. The molecule has 0 fully saturated rings. The van der Waals surface area contributed by atoms with Crippen LogP contribution in [-0.2, 0) is 15.6 Å². The maximum Gasteiger partial charge on any atom is 0.204 e. The van der Waals surface area contributed by atoms with Gasteiger partial charge in [0.2, 0.25) is 5.82 Å². The highest BCUT2D eigenvalue weighted by atomic mass is 79.9. The first-order valence-electron chi connectivity index (χ1n) is 5.85. The number of halogens is 1. The van der Waals surface area contributed by atoms with Crippen molar-refractivity contribution in [3.05, 3.63) is 45.7 Å². The van der Waals surface area contributed by atoms with E-state index >= 15 is 0 Å². The van der Waals surface area contributed by atoms with Gasteiger partial charge in [-0.2, -0.15) is 5.21 Å². The Morgan fingerprint density at radius 2 is 2.10 bits per heavy atom. The summed E-state index contributed by atoms with van der Waals surface area (Å²) in [5.41, 5.74) is 1.41. The summed E-state index contributed by atoms with van der Waals surface area (Å²) >= 11 is 4.48. The van der Waals surface area contributed by atoms with E-state index in [1.807, 2.05) is 6.07 Å². The van der Waals surface area contributed by atoms with Gasteiger partial charge in [0, 0.05) is 5.56 Å². The predicted octanol–water partition coefficient (Wildman–Crippen LogP) is 2.66. The minimum Gasteiger partial charge on any atom is -0.223 e. The predicted molar refractivity (Wildman–Crippen MR) is 82.5 cm³/mol. The molecule has 3 rings (SSSR count). The second-order valence-electron chi connectivity index (χ2n) is 4.25. The lowest BCUT2D eigenvalue weighted by molar-refractivity contribution is 0.597. The Balaban J connectivity index is 1.90. The van der Waals surface area contributed by atoms with E-state index in [1.54, 1.807) is 30.3 Å². The Morgan fingerprint density at radius 3 is 2.76 bits per heavy atom. The van der Waals surface area contributed by atoms with Crippen molar-refractivity contribution in [1.29, 1.82) is 0 Å². The van der Waals surface area contributed by atoms with Gasteiger partial charge in [-0.25, -0.2) is 8.42 Å². The number of hydrogen-bond acceptors (Lipinski definition) is 6. The molecule has 2 aromatic heterocycles. The smallest absolute Gasteiger partial charge is 0.204 e. The zero-order valence-corrected chi connectivity index (χ0v) is 13.7. The van der Waals surface area contributed by atoms with Gasteiger partial charge < -0.3 is 0 Å². The topological polar surface area (TPSA) is 88.6 Å². The van der Waals surface area contributed by atoms with Gasteiger partial charge in [0.05, 0.1) is 9.54 Å². The van der Waals surface area contributed by atoms with Crippen molar-refractivity contribution >= 4 is 37.1 Å². The van der Waals surface area contributed by atoms with Crippen LogP contribution in [0.3, 0.4) is 0 Å². The molecular formula is C12H9BrN4O2S2. The van der Waals surface area contributed by atoms with E-state index in [0.29, 0.717) is 15.6 Å². The first-order valence-corrected chi connectivity index (χ1v) is 9.12. The van der Waals surface area contributed by atoms with Crippen molar-refractivity contribution in [3.8, 4) is 11.4 Å². The monoisotopic (exact) mass is 384 g/mol. The second kappa shape index (κ2) is 5.66. The van der Waals surface area contributed by atoms with Crippen LogP contribution in [0.2, 0.25) is 0 Å². The third-order valence-corrected chi connectivity index (χ3v) is 6.63. The zero-order chi connectivity index (χ0) is 14.9. The van der Waals surface area contributed by atoms with Gasteiger partial charge >= 0.3 is 0 Å². The number of aromatic amines is 1. The van der Waals surface area contributed by atoms with E-state index in [-0.39, 0.29) is 5.75 Å². The Kier molecular flexibility index (Phi) is 3.87. The summed E-state index contributed by atoms with van der Waals surface area (Å²) in [6, 6.07) is 10.4. The number of tetrazole rings is 1. The molecular weight excluding hydrogens is 376 g/mol. The maximum atomic E-state index is 12.4. The Morgan fingerprint density at radius 1 is 1.24 bits per heavy atom. The van der Waals surface area contributed by atoms with Crippen molar-refractivity contribution in [2.45, 2.75) is 9.96 Å². The van der Waals surface area contributed by atoms with Crippen LogP contribution in [0.4, 0.5) is 0 Å². The Labute approximate surface area is 133 Å². The van der Waals surface area contributed by atoms with Crippen molar-refractivity contribution in [2.24, 2.45) is 0 Å². The van der Waals surface area contributed by atoms with E-state index in [4.69, 9.17) is 0 Å². The van der Waals surface area contributed by atoms with Crippen molar-refractivity contribution in [1.82, 2.24) is 20.6 Å². The molecule has 1 N–H and O–H groups in total. The number of benzene rings is 1. The summed E-state index contributed by atoms with van der Waals surface area (Å²) in [5.74, 6) is 0.374. The van der Waals surface area contributed by atoms with Gasteiger partial charge in [-0.05, 0) is 44.9 Å². The molecule has 0 atom stereocenters. The van der Waals surface area contributed by atoms with Crippen molar-refractivity contribution in [3.63, 3.8) is 0 Å². The first-order chi connectivity index (χ1) is 10.0. The van der Waals surface area contributed by atoms with Crippen LogP contribution < -0.4 is 0 Å². The Hall–Kier alpha value is -1.58. The van der Waals surface area contributed by atoms with Crippen LogP contribution in [0.15, 0.2) is 44.4 Å².